The molecule has 1 heterocycles. The molecule has 0 amide bonds. The summed E-state index contributed by atoms with van der Waals surface area (Å²) in [5.41, 5.74) is 9.10. The molecular weight excluding hydrogens is 272 g/mol. The largest absolute Gasteiger partial charge is 0.394 e. The molecule has 1 atom stereocenters. The van der Waals surface area contributed by atoms with Crippen molar-refractivity contribution in [3.8, 4) is 0 Å². The van der Waals surface area contributed by atoms with E-state index in [9.17, 15) is 0 Å². The zero-order chi connectivity index (χ0) is 14.9. The number of aryl methyl sites for hydroxylation is 2. The predicted octanol–water partition coefficient (Wildman–Crippen LogP) is 3.42. The summed E-state index contributed by atoms with van der Waals surface area (Å²) < 4.78 is 1.85. The van der Waals surface area contributed by atoms with E-state index < -0.39 is 0 Å². The summed E-state index contributed by atoms with van der Waals surface area (Å²) in [6.45, 7) is 4.20. The minimum Gasteiger partial charge on any atom is -0.394 e. The molecule has 0 radical (unpaired) electrons. The van der Waals surface area contributed by atoms with Crippen LogP contribution in [-0.2, 0) is 13.5 Å². The number of nitrogen functional groups attached to an aromatic ring is 1. The third-order valence-electron chi connectivity index (χ3n) is 3.73. The van der Waals surface area contributed by atoms with Crippen molar-refractivity contribution >= 4 is 23.1 Å². The molecule has 108 valence electrons. The lowest BCUT2D eigenvalue weighted by Gasteiger charge is -2.27. The molecule has 2 rings (SSSR count). The van der Waals surface area contributed by atoms with E-state index in [1.807, 2.05) is 43.0 Å². The molecule has 20 heavy (non-hydrogen) atoms. The molecular formula is C15H21ClN4. The molecule has 5 heteroatoms. The zero-order valence-electron chi connectivity index (χ0n) is 12.4. The van der Waals surface area contributed by atoms with Crippen molar-refractivity contribution in [1.82, 2.24) is 9.78 Å². The third kappa shape index (κ3) is 2.61. The van der Waals surface area contributed by atoms with Gasteiger partial charge in [-0.3, -0.25) is 4.68 Å². The van der Waals surface area contributed by atoms with Gasteiger partial charge in [-0.2, -0.15) is 5.10 Å². The first-order valence-electron chi connectivity index (χ1n) is 6.75. The Morgan fingerprint density at radius 3 is 2.45 bits per heavy atom. The van der Waals surface area contributed by atoms with Gasteiger partial charge in [0.15, 0.2) is 5.82 Å². The number of halogens is 1. The van der Waals surface area contributed by atoms with Gasteiger partial charge >= 0.3 is 0 Å². The molecule has 0 saturated carbocycles. The third-order valence-corrected chi connectivity index (χ3v) is 3.98. The molecule has 0 saturated heterocycles. The van der Waals surface area contributed by atoms with Crippen molar-refractivity contribution in [2.75, 3.05) is 17.7 Å². The fraction of sp³-hybridized carbons (Fsp3) is 0.400. The van der Waals surface area contributed by atoms with Crippen molar-refractivity contribution in [2.45, 2.75) is 26.3 Å². The second kappa shape index (κ2) is 5.75. The van der Waals surface area contributed by atoms with Crippen LogP contribution in [-0.4, -0.2) is 16.8 Å². The smallest absolute Gasteiger partial charge is 0.150 e. The lowest BCUT2D eigenvalue weighted by Crippen LogP contribution is -2.24. The molecule has 4 nitrogen and oxygen atoms in total. The van der Waals surface area contributed by atoms with Gasteiger partial charge in [-0.05, 0) is 31.0 Å². The lowest BCUT2D eigenvalue weighted by molar-refractivity contribution is 0.671. The van der Waals surface area contributed by atoms with Crippen LogP contribution in [0.5, 0.6) is 0 Å². The molecule has 0 spiro atoms. The van der Waals surface area contributed by atoms with E-state index >= 15 is 0 Å². The minimum atomic E-state index is 0.190. The van der Waals surface area contributed by atoms with E-state index in [-0.39, 0.29) is 6.04 Å². The van der Waals surface area contributed by atoms with Crippen LogP contribution in [0.1, 0.15) is 31.1 Å². The van der Waals surface area contributed by atoms with Gasteiger partial charge in [0.25, 0.3) is 0 Å². The second-order valence-electron chi connectivity index (χ2n) is 5.00. The van der Waals surface area contributed by atoms with E-state index in [1.165, 1.54) is 5.56 Å². The SMILES string of the molecule is CCc1nn(C)c(N(C)C(C)c2ccc(Cl)cc2)c1N. The van der Waals surface area contributed by atoms with Crippen LogP contribution in [0.4, 0.5) is 11.5 Å². The topological polar surface area (TPSA) is 47.1 Å². The number of nitrogens with two attached hydrogens (primary N) is 1. The number of hydrogen-bond donors (Lipinski definition) is 1. The Morgan fingerprint density at radius 1 is 1.35 bits per heavy atom. The van der Waals surface area contributed by atoms with Crippen LogP contribution >= 0.6 is 11.6 Å². The van der Waals surface area contributed by atoms with Crippen molar-refractivity contribution in [3.63, 3.8) is 0 Å². The van der Waals surface area contributed by atoms with Crippen LogP contribution < -0.4 is 10.6 Å². The summed E-state index contributed by atoms with van der Waals surface area (Å²) in [6.07, 6.45) is 0.836. The summed E-state index contributed by atoms with van der Waals surface area (Å²) in [6, 6.07) is 8.08. The maximum atomic E-state index is 6.21. The van der Waals surface area contributed by atoms with Gasteiger partial charge in [-0.25, -0.2) is 0 Å². The van der Waals surface area contributed by atoms with Crippen molar-refractivity contribution < 1.29 is 0 Å². The summed E-state index contributed by atoms with van der Waals surface area (Å²) in [5, 5.41) is 5.22. The quantitative estimate of drug-likeness (QED) is 0.939. The average molecular weight is 293 g/mol. The molecule has 0 fully saturated rings. The number of benzene rings is 1. The van der Waals surface area contributed by atoms with E-state index in [2.05, 4.69) is 23.8 Å². The first-order valence-corrected chi connectivity index (χ1v) is 7.13. The molecule has 2 aromatic rings. The molecule has 0 aliphatic heterocycles. The standard InChI is InChI=1S/C15H21ClN4/c1-5-13-14(17)15(20(4)18-13)19(3)10(2)11-6-8-12(16)9-7-11/h6-10H,5,17H2,1-4H3. The number of aromatic nitrogens is 2. The Kier molecular flexibility index (Phi) is 4.23. The minimum absolute atomic E-state index is 0.190. The van der Waals surface area contributed by atoms with Gasteiger partial charge in [0.2, 0.25) is 0 Å². The fourth-order valence-electron chi connectivity index (χ4n) is 2.41. The van der Waals surface area contributed by atoms with E-state index in [0.29, 0.717) is 0 Å². The Bertz CT molecular complexity index is 589. The molecule has 0 aliphatic rings. The normalized spacial score (nSPS) is 12.4. The van der Waals surface area contributed by atoms with Crippen LogP contribution in [0.2, 0.25) is 5.02 Å². The van der Waals surface area contributed by atoms with Gasteiger partial charge in [0.1, 0.15) is 0 Å². The molecule has 1 aromatic carbocycles. The highest BCUT2D eigenvalue weighted by Gasteiger charge is 2.20. The number of nitrogens with zero attached hydrogens (tertiary/aromatic N) is 3. The first-order chi connectivity index (χ1) is 9.45. The van der Waals surface area contributed by atoms with Gasteiger partial charge in [-0.15, -0.1) is 0 Å². The monoisotopic (exact) mass is 292 g/mol. The summed E-state index contributed by atoms with van der Waals surface area (Å²) in [4.78, 5) is 2.14. The Balaban J connectivity index is 2.33. The Morgan fingerprint density at radius 2 is 1.95 bits per heavy atom. The first kappa shape index (κ1) is 14.7. The van der Waals surface area contributed by atoms with Gasteiger partial charge < -0.3 is 10.6 Å². The highest BCUT2D eigenvalue weighted by molar-refractivity contribution is 6.30. The van der Waals surface area contributed by atoms with E-state index in [4.69, 9.17) is 17.3 Å². The summed E-state index contributed by atoms with van der Waals surface area (Å²) in [7, 11) is 3.96. The second-order valence-corrected chi connectivity index (χ2v) is 5.44. The van der Waals surface area contributed by atoms with Crippen molar-refractivity contribution in [1.29, 1.82) is 0 Å². The number of hydrogen-bond acceptors (Lipinski definition) is 3. The fourth-order valence-corrected chi connectivity index (χ4v) is 2.54. The van der Waals surface area contributed by atoms with Crippen LogP contribution in [0, 0.1) is 0 Å². The van der Waals surface area contributed by atoms with Crippen molar-refractivity contribution in [3.05, 3.63) is 40.5 Å². The highest BCUT2D eigenvalue weighted by atomic mass is 35.5. The van der Waals surface area contributed by atoms with Crippen LogP contribution in [0.15, 0.2) is 24.3 Å². The van der Waals surface area contributed by atoms with Gasteiger partial charge in [0, 0.05) is 19.1 Å². The molecule has 2 N–H and O–H groups in total. The van der Waals surface area contributed by atoms with Gasteiger partial charge in [0.05, 0.1) is 17.4 Å². The number of rotatable bonds is 4. The zero-order valence-corrected chi connectivity index (χ0v) is 13.1. The maximum absolute atomic E-state index is 6.21. The van der Waals surface area contributed by atoms with Crippen LogP contribution in [0.25, 0.3) is 0 Å². The summed E-state index contributed by atoms with van der Waals surface area (Å²) >= 11 is 5.94. The average Bonchev–Trinajstić information content (AvgIpc) is 2.72. The molecule has 0 aliphatic carbocycles. The Hall–Kier alpha value is -1.68. The van der Waals surface area contributed by atoms with Crippen molar-refractivity contribution in [2.24, 2.45) is 7.05 Å². The summed E-state index contributed by atoms with van der Waals surface area (Å²) in [5.74, 6) is 0.948. The predicted molar refractivity (Wildman–Crippen MR) is 85.3 cm³/mol. The Labute approximate surface area is 125 Å². The molecule has 1 unspecified atom stereocenters. The lowest BCUT2D eigenvalue weighted by atomic mass is 10.1. The van der Waals surface area contributed by atoms with E-state index in [0.717, 1.165) is 28.6 Å². The molecule has 1 aromatic heterocycles. The molecule has 0 bridgehead atoms. The number of anilines is 2. The highest BCUT2D eigenvalue weighted by Crippen LogP contribution is 2.32. The van der Waals surface area contributed by atoms with Crippen LogP contribution in [0.3, 0.4) is 0 Å². The van der Waals surface area contributed by atoms with Gasteiger partial charge in [-0.1, -0.05) is 30.7 Å². The van der Waals surface area contributed by atoms with E-state index in [1.54, 1.807) is 0 Å². The maximum Gasteiger partial charge on any atom is 0.150 e.